The number of nitrogens with one attached hydrogen (secondary N) is 1. The Hall–Kier alpha value is -1.83. The van der Waals surface area contributed by atoms with Gasteiger partial charge < -0.3 is 5.32 Å². The Kier molecular flexibility index (Phi) is 5.17. The summed E-state index contributed by atoms with van der Waals surface area (Å²) < 4.78 is 4.03. The van der Waals surface area contributed by atoms with Crippen molar-refractivity contribution in [1.82, 2.24) is 19.6 Å². The largest absolute Gasteiger partial charge is 0.304 e. The lowest BCUT2D eigenvalue weighted by molar-refractivity contribution is 0.102. The van der Waals surface area contributed by atoms with Gasteiger partial charge >= 0.3 is 0 Å². The number of aryl methyl sites for hydroxylation is 1. The monoisotopic (exact) mass is 441 g/mol. The molecule has 2 heterocycles. The van der Waals surface area contributed by atoms with E-state index in [9.17, 15) is 4.79 Å². The molecule has 0 fully saturated rings. The molecule has 25 heavy (non-hydrogen) atoms. The summed E-state index contributed by atoms with van der Waals surface area (Å²) in [5.41, 5.74) is 2.24. The standard InChI is InChI=1S/C16H14BrCl2N5O/c1-9-11(6-20-23(9)2)16(25)21-15-12(17)8-24(22-15)7-10-3-4-13(18)14(19)5-10/h3-6,8H,7H2,1-2H3,(H,21,22,25). The minimum atomic E-state index is -0.258. The van der Waals surface area contributed by atoms with E-state index in [-0.39, 0.29) is 5.91 Å². The fourth-order valence-electron chi connectivity index (χ4n) is 2.28. The first-order chi connectivity index (χ1) is 11.8. The molecule has 3 rings (SSSR count). The van der Waals surface area contributed by atoms with Crippen molar-refractivity contribution in [2.45, 2.75) is 13.5 Å². The molecule has 0 saturated carbocycles. The number of anilines is 1. The summed E-state index contributed by atoms with van der Waals surface area (Å²) in [6, 6.07) is 5.41. The van der Waals surface area contributed by atoms with Gasteiger partial charge in [-0.25, -0.2) is 0 Å². The van der Waals surface area contributed by atoms with E-state index in [1.165, 1.54) is 6.20 Å². The van der Waals surface area contributed by atoms with Crippen LogP contribution < -0.4 is 5.32 Å². The molecular weight excluding hydrogens is 429 g/mol. The molecule has 1 aromatic carbocycles. The Morgan fingerprint density at radius 3 is 2.72 bits per heavy atom. The number of aromatic nitrogens is 4. The fraction of sp³-hybridized carbons (Fsp3) is 0.188. The van der Waals surface area contributed by atoms with Gasteiger partial charge in [0.1, 0.15) is 0 Å². The molecule has 0 saturated heterocycles. The molecule has 130 valence electrons. The second-order valence-corrected chi connectivity index (χ2v) is 7.16. The number of amides is 1. The van der Waals surface area contributed by atoms with Crippen molar-refractivity contribution in [2.75, 3.05) is 5.32 Å². The molecule has 0 aliphatic rings. The average molecular weight is 443 g/mol. The number of carbonyl (C=O) groups excluding carboxylic acids is 1. The van der Waals surface area contributed by atoms with Gasteiger partial charge in [0, 0.05) is 18.9 Å². The van der Waals surface area contributed by atoms with Crippen molar-refractivity contribution in [3.8, 4) is 0 Å². The third-order valence-electron chi connectivity index (χ3n) is 3.76. The number of hydrogen-bond acceptors (Lipinski definition) is 3. The van der Waals surface area contributed by atoms with Crippen LogP contribution in [0.1, 0.15) is 21.6 Å². The molecular formula is C16H14BrCl2N5O. The third-order valence-corrected chi connectivity index (χ3v) is 5.08. The number of rotatable bonds is 4. The lowest BCUT2D eigenvalue weighted by Crippen LogP contribution is -2.14. The minimum absolute atomic E-state index is 0.258. The molecule has 0 aliphatic heterocycles. The molecule has 6 nitrogen and oxygen atoms in total. The number of carbonyl (C=O) groups is 1. The van der Waals surface area contributed by atoms with Gasteiger partial charge in [0.25, 0.3) is 5.91 Å². The van der Waals surface area contributed by atoms with E-state index in [2.05, 4.69) is 31.4 Å². The Bertz CT molecular complexity index is 950. The number of hydrogen-bond donors (Lipinski definition) is 1. The van der Waals surface area contributed by atoms with Crippen LogP contribution in [0.3, 0.4) is 0 Å². The van der Waals surface area contributed by atoms with Crippen LogP contribution >= 0.6 is 39.1 Å². The van der Waals surface area contributed by atoms with Gasteiger partial charge in [0.05, 0.1) is 32.8 Å². The lowest BCUT2D eigenvalue weighted by atomic mass is 10.2. The summed E-state index contributed by atoms with van der Waals surface area (Å²) in [4.78, 5) is 12.4. The second-order valence-electron chi connectivity index (χ2n) is 5.49. The Morgan fingerprint density at radius 2 is 2.08 bits per heavy atom. The maximum atomic E-state index is 12.4. The average Bonchev–Trinajstić information content (AvgIpc) is 3.06. The smallest absolute Gasteiger partial charge is 0.260 e. The molecule has 0 bridgehead atoms. The molecule has 9 heteroatoms. The predicted molar refractivity (Wildman–Crippen MR) is 101 cm³/mol. The van der Waals surface area contributed by atoms with Gasteiger partial charge in [-0.2, -0.15) is 10.2 Å². The first kappa shape index (κ1) is 18.0. The van der Waals surface area contributed by atoms with Gasteiger partial charge in [-0.1, -0.05) is 29.3 Å². The van der Waals surface area contributed by atoms with E-state index in [1.807, 2.05) is 13.0 Å². The highest BCUT2D eigenvalue weighted by molar-refractivity contribution is 9.10. The van der Waals surface area contributed by atoms with Crippen LogP contribution in [0.25, 0.3) is 0 Å². The van der Waals surface area contributed by atoms with E-state index in [4.69, 9.17) is 23.2 Å². The normalized spacial score (nSPS) is 10.9. The van der Waals surface area contributed by atoms with Crippen LogP contribution in [0.2, 0.25) is 10.0 Å². The fourth-order valence-corrected chi connectivity index (χ4v) is 3.02. The van der Waals surface area contributed by atoms with E-state index in [1.54, 1.807) is 34.7 Å². The molecule has 1 N–H and O–H groups in total. The number of halogens is 3. The SMILES string of the molecule is Cc1c(C(=O)Nc2nn(Cc3ccc(Cl)c(Cl)c3)cc2Br)cnn1C. The van der Waals surface area contributed by atoms with Crippen molar-refractivity contribution in [1.29, 1.82) is 0 Å². The zero-order valence-corrected chi connectivity index (χ0v) is 16.5. The Balaban J connectivity index is 1.77. The molecule has 2 aromatic heterocycles. The van der Waals surface area contributed by atoms with E-state index in [0.717, 1.165) is 11.3 Å². The highest BCUT2D eigenvalue weighted by Gasteiger charge is 2.16. The number of benzene rings is 1. The van der Waals surface area contributed by atoms with Crippen molar-refractivity contribution in [2.24, 2.45) is 7.05 Å². The highest BCUT2D eigenvalue weighted by atomic mass is 79.9. The summed E-state index contributed by atoms with van der Waals surface area (Å²) in [7, 11) is 1.79. The van der Waals surface area contributed by atoms with Crippen molar-refractivity contribution < 1.29 is 4.79 Å². The van der Waals surface area contributed by atoms with Crippen LogP contribution in [0.15, 0.2) is 35.1 Å². The maximum absolute atomic E-state index is 12.4. The molecule has 0 atom stereocenters. The maximum Gasteiger partial charge on any atom is 0.260 e. The number of nitrogens with zero attached hydrogens (tertiary/aromatic N) is 4. The summed E-state index contributed by atoms with van der Waals surface area (Å²) in [6.45, 7) is 2.33. The van der Waals surface area contributed by atoms with Crippen LogP contribution in [0.4, 0.5) is 5.82 Å². The summed E-state index contributed by atoms with van der Waals surface area (Å²) >= 11 is 15.4. The van der Waals surface area contributed by atoms with Crippen LogP contribution in [-0.2, 0) is 13.6 Å². The van der Waals surface area contributed by atoms with Gasteiger partial charge in [0.2, 0.25) is 0 Å². The molecule has 0 aliphatic carbocycles. The van der Waals surface area contributed by atoms with E-state index < -0.39 is 0 Å². The van der Waals surface area contributed by atoms with Gasteiger partial charge in [0.15, 0.2) is 5.82 Å². The second kappa shape index (κ2) is 7.19. The Morgan fingerprint density at radius 1 is 1.32 bits per heavy atom. The third kappa shape index (κ3) is 3.89. The van der Waals surface area contributed by atoms with Gasteiger partial charge in [-0.3, -0.25) is 14.2 Å². The quantitative estimate of drug-likeness (QED) is 0.655. The van der Waals surface area contributed by atoms with E-state index in [0.29, 0.717) is 32.4 Å². The van der Waals surface area contributed by atoms with Gasteiger partial charge in [-0.05, 0) is 40.5 Å². The zero-order chi connectivity index (χ0) is 18.1. The van der Waals surface area contributed by atoms with Crippen molar-refractivity contribution in [3.05, 3.63) is 61.9 Å². The topological polar surface area (TPSA) is 64.7 Å². The van der Waals surface area contributed by atoms with Crippen molar-refractivity contribution >= 4 is 50.9 Å². The van der Waals surface area contributed by atoms with Crippen LogP contribution in [0.5, 0.6) is 0 Å². The van der Waals surface area contributed by atoms with Crippen molar-refractivity contribution in [3.63, 3.8) is 0 Å². The first-order valence-electron chi connectivity index (χ1n) is 7.32. The summed E-state index contributed by atoms with van der Waals surface area (Å²) in [5, 5.41) is 12.3. The minimum Gasteiger partial charge on any atom is -0.304 e. The summed E-state index contributed by atoms with van der Waals surface area (Å²) in [5.74, 6) is 0.180. The first-order valence-corrected chi connectivity index (χ1v) is 8.87. The Labute approximate surface area is 162 Å². The van der Waals surface area contributed by atoms with Gasteiger partial charge in [-0.15, -0.1) is 0 Å². The molecule has 0 spiro atoms. The zero-order valence-electron chi connectivity index (χ0n) is 13.4. The molecule has 1 amide bonds. The summed E-state index contributed by atoms with van der Waals surface area (Å²) in [6.07, 6.45) is 3.32. The van der Waals surface area contributed by atoms with Crippen LogP contribution in [-0.4, -0.2) is 25.5 Å². The lowest BCUT2D eigenvalue weighted by Gasteiger charge is -2.04. The molecule has 3 aromatic rings. The molecule has 0 radical (unpaired) electrons. The predicted octanol–water partition coefficient (Wildman–Crippen LogP) is 4.29. The highest BCUT2D eigenvalue weighted by Crippen LogP contribution is 2.25. The molecule has 0 unspecified atom stereocenters. The van der Waals surface area contributed by atoms with Crippen LogP contribution in [0, 0.1) is 6.92 Å². The van der Waals surface area contributed by atoms with E-state index >= 15 is 0 Å².